The minimum Gasteiger partial charge on any atom is -0.328 e. The molecule has 0 spiro atoms. The Morgan fingerprint density at radius 3 is 2.91 bits per heavy atom. The number of carbonyl (C=O) groups is 1. The van der Waals surface area contributed by atoms with Crippen LogP contribution in [-0.4, -0.2) is 26.4 Å². The average molecular weight is 329 g/mol. The number of nitrogens with zero attached hydrogens (tertiary/aromatic N) is 3. The van der Waals surface area contributed by atoms with Crippen LogP contribution in [0.1, 0.15) is 19.4 Å². The highest BCUT2D eigenvalue weighted by Gasteiger charge is 2.23. The molecule has 0 atom stereocenters. The summed E-state index contributed by atoms with van der Waals surface area (Å²) < 4.78 is 1.73. The zero-order valence-corrected chi connectivity index (χ0v) is 14.2. The number of fused-ring (bicyclic) bond motifs is 1. The number of amides is 1. The molecule has 1 aliphatic heterocycles. The summed E-state index contributed by atoms with van der Waals surface area (Å²) in [4.78, 5) is 17.0. The van der Waals surface area contributed by atoms with Crippen molar-refractivity contribution >= 4 is 29.3 Å². The minimum atomic E-state index is -0.116. The first-order chi connectivity index (χ1) is 11.1. The molecule has 3 rings (SSSR count). The summed E-state index contributed by atoms with van der Waals surface area (Å²) in [5.41, 5.74) is 3.33. The van der Waals surface area contributed by atoms with E-state index in [1.165, 1.54) is 0 Å². The average Bonchev–Trinajstić information content (AvgIpc) is 2.90. The van der Waals surface area contributed by atoms with Crippen LogP contribution in [0.4, 0.5) is 11.6 Å². The lowest BCUT2D eigenvalue weighted by Gasteiger charge is -2.20. The number of carbonyl (C=O) groups excluding carboxylic acids is 1. The lowest BCUT2D eigenvalue weighted by atomic mass is 10.1. The van der Waals surface area contributed by atoms with Gasteiger partial charge in [-0.25, -0.2) is 4.68 Å². The first-order valence-electron chi connectivity index (χ1n) is 7.50. The van der Waals surface area contributed by atoms with E-state index in [0.717, 1.165) is 27.9 Å². The SMILES string of the molecule is CCSc1nc2n(n1)CC(C(=O)Nc1ccccc1C)=C(C)N2. The number of thioether (sulfide) groups is 1. The molecule has 1 aromatic carbocycles. The Hall–Kier alpha value is -2.28. The van der Waals surface area contributed by atoms with Gasteiger partial charge >= 0.3 is 0 Å². The summed E-state index contributed by atoms with van der Waals surface area (Å²) in [6.07, 6.45) is 0. The van der Waals surface area contributed by atoms with Gasteiger partial charge in [-0.05, 0) is 31.2 Å². The predicted molar refractivity (Wildman–Crippen MR) is 92.6 cm³/mol. The van der Waals surface area contributed by atoms with E-state index >= 15 is 0 Å². The highest BCUT2D eigenvalue weighted by molar-refractivity contribution is 7.99. The second-order valence-corrected chi connectivity index (χ2v) is 6.54. The lowest BCUT2D eigenvalue weighted by Crippen LogP contribution is -2.26. The molecule has 2 N–H and O–H groups in total. The third-order valence-electron chi connectivity index (χ3n) is 3.65. The number of hydrogen-bond donors (Lipinski definition) is 2. The molecule has 1 aliphatic rings. The Labute approximate surface area is 139 Å². The van der Waals surface area contributed by atoms with Crippen LogP contribution in [0.2, 0.25) is 0 Å². The number of rotatable bonds is 4. The van der Waals surface area contributed by atoms with Gasteiger partial charge in [0.1, 0.15) is 0 Å². The van der Waals surface area contributed by atoms with Crippen molar-refractivity contribution in [2.24, 2.45) is 0 Å². The number of benzene rings is 1. The zero-order chi connectivity index (χ0) is 16.4. The van der Waals surface area contributed by atoms with Crippen molar-refractivity contribution in [3.8, 4) is 0 Å². The van der Waals surface area contributed by atoms with Crippen LogP contribution in [0.25, 0.3) is 0 Å². The van der Waals surface area contributed by atoms with Gasteiger partial charge in [-0.3, -0.25) is 4.79 Å². The van der Waals surface area contributed by atoms with Crippen LogP contribution in [0, 0.1) is 6.92 Å². The topological polar surface area (TPSA) is 71.8 Å². The molecule has 23 heavy (non-hydrogen) atoms. The van der Waals surface area contributed by atoms with E-state index in [0.29, 0.717) is 18.1 Å². The van der Waals surface area contributed by atoms with Crippen molar-refractivity contribution in [3.63, 3.8) is 0 Å². The molecule has 2 heterocycles. The minimum absolute atomic E-state index is 0.116. The Bertz CT molecular complexity index is 781. The maximum absolute atomic E-state index is 12.6. The van der Waals surface area contributed by atoms with Gasteiger partial charge in [-0.2, -0.15) is 4.98 Å². The van der Waals surface area contributed by atoms with E-state index in [2.05, 4.69) is 27.6 Å². The standard InChI is InChI=1S/C16H19N5OS/c1-4-23-16-19-15-17-11(3)12(9-21(15)20-16)14(22)18-13-8-6-5-7-10(13)2/h5-8H,4,9H2,1-3H3,(H,18,22)(H,17,19,20). The molecular formula is C16H19N5OS. The van der Waals surface area contributed by atoms with Crippen molar-refractivity contribution in [2.45, 2.75) is 32.5 Å². The van der Waals surface area contributed by atoms with Gasteiger partial charge in [0.05, 0.1) is 12.1 Å². The summed E-state index contributed by atoms with van der Waals surface area (Å²) in [6.45, 7) is 6.34. The van der Waals surface area contributed by atoms with E-state index in [1.807, 2.05) is 38.1 Å². The van der Waals surface area contributed by atoms with E-state index in [9.17, 15) is 4.79 Å². The highest BCUT2D eigenvalue weighted by Crippen LogP contribution is 2.24. The molecular weight excluding hydrogens is 310 g/mol. The van der Waals surface area contributed by atoms with E-state index in [4.69, 9.17) is 0 Å². The second kappa shape index (κ2) is 6.45. The predicted octanol–water partition coefficient (Wildman–Crippen LogP) is 3.04. The van der Waals surface area contributed by atoms with Gasteiger partial charge in [0.25, 0.3) is 5.91 Å². The maximum Gasteiger partial charge on any atom is 0.255 e. The summed E-state index contributed by atoms with van der Waals surface area (Å²) in [5.74, 6) is 1.48. The molecule has 0 aliphatic carbocycles. The quantitative estimate of drug-likeness (QED) is 0.844. The molecule has 0 saturated heterocycles. The molecule has 0 unspecified atom stereocenters. The Balaban J connectivity index is 1.79. The molecule has 0 fully saturated rings. The number of hydrogen-bond acceptors (Lipinski definition) is 5. The van der Waals surface area contributed by atoms with Gasteiger partial charge < -0.3 is 10.6 Å². The summed E-state index contributed by atoms with van der Waals surface area (Å²) in [5, 5.41) is 11.3. The summed E-state index contributed by atoms with van der Waals surface area (Å²) in [7, 11) is 0. The molecule has 7 heteroatoms. The molecule has 0 bridgehead atoms. The van der Waals surface area contributed by atoms with Crippen molar-refractivity contribution in [2.75, 3.05) is 16.4 Å². The summed E-state index contributed by atoms with van der Waals surface area (Å²) in [6, 6.07) is 7.73. The number of allylic oxidation sites excluding steroid dienone is 1. The molecule has 2 aromatic rings. The van der Waals surface area contributed by atoms with Gasteiger partial charge in [0.15, 0.2) is 0 Å². The third-order valence-corrected chi connectivity index (χ3v) is 4.37. The molecule has 120 valence electrons. The van der Waals surface area contributed by atoms with E-state index in [1.54, 1.807) is 16.4 Å². The smallest absolute Gasteiger partial charge is 0.255 e. The van der Waals surface area contributed by atoms with Crippen molar-refractivity contribution in [1.29, 1.82) is 0 Å². The fourth-order valence-electron chi connectivity index (χ4n) is 2.38. The Morgan fingerprint density at radius 2 is 2.17 bits per heavy atom. The fraction of sp³-hybridized carbons (Fsp3) is 0.312. The number of nitrogens with one attached hydrogen (secondary N) is 2. The Kier molecular flexibility index (Phi) is 4.38. The van der Waals surface area contributed by atoms with Gasteiger partial charge in [0, 0.05) is 11.4 Å². The Morgan fingerprint density at radius 1 is 1.39 bits per heavy atom. The number of para-hydroxylation sites is 1. The van der Waals surface area contributed by atoms with Crippen LogP contribution in [0.3, 0.4) is 0 Å². The highest BCUT2D eigenvalue weighted by atomic mass is 32.2. The summed E-state index contributed by atoms with van der Waals surface area (Å²) >= 11 is 1.58. The van der Waals surface area contributed by atoms with E-state index in [-0.39, 0.29) is 5.91 Å². The maximum atomic E-state index is 12.6. The van der Waals surface area contributed by atoms with Gasteiger partial charge in [-0.1, -0.05) is 36.9 Å². The molecule has 1 amide bonds. The lowest BCUT2D eigenvalue weighted by molar-refractivity contribution is -0.113. The largest absolute Gasteiger partial charge is 0.328 e. The number of anilines is 2. The zero-order valence-electron chi connectivity index (χ0n) is 13.4. The van der Waals surface area contributed by atoms with Gasteiger partial charge in [0.2, 0.25) is 11.1 Å². The van der Waals surface area contributed by atoms with Crippen molar-refractivity contribution in [3.05, 3.63) is 41.1 Å². The van der Waals surface area contributed by atoms with Crippen LogP contribution >= 0.6 is 11.8 Å². The number of aromatic nitrogens is 3. The second-order valence-electron chi connectivity index (χ2n) is 5.31. The van der Waals surface area contributed by atoms with Crippen LogP contribution < -0.4 is 10.6 Å². The van der Waals surface area contributed by atoms with Crippen LogP contribution in [0.15, 0.2) is 40.7 Å². The van der Waals surface area contributed by atoms with Crippen LogP contribution in [0.5, 0.6) is 0 Å². The van der Waals surface area contributed by atoms with Crippen molar-refractivity contribution < 1.29 is 4.79 Å². The normalized spacial score (nSPS) is 13.5. The first-order valence-corrected chi connectivity index (χ1v) is 8.48. The van der Waals surface area contributed by atoms with Crippen LogP contribution in [-0.2, 0) is 11.3 Å². The first kappa shape index (κ1) is 15.6. The molecule has 0 radical (unpaired) electrons. The fourth-order valence-corrected chi connectivity index (χ4v) is 2.94. The molecule has 6 nitrogen and oxygen atoms in total. The molecule has 1 aromatic heterocycles. The van der Waals surface area contributed by atoms with Gasteiger partial charge in [-0.15, -0.1) is 5.10 Å². The van der Waals surface area contributed by atoms with E-state index < -0.39 is 0 Å². The molecule has 0 saturated carbocycles. The third kappa shape index (κ3) is 3.24. The number of aryl methyl sites for hydroxylation is 1. The van der Waals surface area contributed by atoms with Crippen molar-refractivity contribution in [1.82, 2.24) is 14.8 Å². The monoisotopic (exact) mass is 329 g/mol.